The summed E-state index contributed by atoms with van der Waals surface area (Å²) in [5.74, 6) is 0. The third kappa shape index (κ3) is 3.37. The van der Waals surface area contributed by atoms with Crippen molar-refractivity contribution in [2.45, 2.75) is 25.5 Å². The first-order valence-corrected chi connectivity index (χ1v) is 7.26. The molecule has 0 saturated carbocycles. The van der Waals surface area contributed by atoms with Gasteiger partial charge in [0.1, 0.15) is 5.54 Å². The van der Waals surface area contributed by atoms with Crippen LogP contribution in [0.4, 0.5) is 0 Å². The summed E-state index contributed by atoms with van der Waals surface area (Å²) in [6.07, 6.45) is 0.234. The molecule has 1 aromatic carbocycles. The Morgan fingerprint density at radius 1 is 1.45 bits per heavy atom. The first-order chi connectivity index (χ1) is 9.70. The van der Waals surface area contributed by atoms with Crippen molar-refractivity contribution in [2.75, 3.05) is 32.8 Å². The lowest BCUT2D eigenvalue weighted by molar-refractivity contribution is -0.0244. The zero-order chi connectivity index (χ0) is 14.4. The second-order valence-corrected chi connectivity index (χ2v) is 5.33. The molecule has 1 saturated heterocycles. The van der Waals surface area contributed by atoms with E-state index in [9.17, 15) is 5.26 Å². The van der Waals surface area contributed by atoms with E-state index in [0.717, 1.165) is 31.8 Å². The lowest BCUT2D eigenvalue weighted by Gasteiger charge is -2.38. The molecule has 1 heterocycles. The zero-order valence-corrected chi connectivity index (χ0v) is 12.3. The summed E-state index contributed by atoms with van der Waals surface area (Å²) in [4.78, 5) is 2.31. The van der Waals surface area contributed by atoms with Crippen LogP contribution in [0.25, 0.3) is 0 Å². The van der Waals surface area contributed by atoms with Gasteiger partial charge in [-0.3, -0.25) is 10.2 Å². The van der Waals surface area contributed by atoms with Gasteiger partial charge in [0.25, 0.3) is 0 Å². The van der Waals surface area contributed by atoms with Gasteiger partial charge in [0.15, 0.2) is 0 Å². The number of morpholine rings is 1. The van der Waals surface area contributed by atoms with Crippen LogP contribution < -0.4 is 5.32 Å². The van der Waals surface area contributed by atoms with Crippen LogP contribution in [0.3, 0.4) is 0 Å². The van der Waals surface area contributed by atoms with Gasteiger partial charge in [-0.2, -0.15) is 5.26 Å². The molecule has 0 aromatic heterocycles. The largest absolute Gasteiger partial charge is 0.376 e. The van der Waals surface area contributed by atoms with Crippen LogP contribution in [0.2, 0.25) is 0 Å². The Labute approximate surface area is 121 Å². The summed E-state index contributed by atoms with van der Waals surface area (Å²) >= 11 is 0. The van der Waals surface area contributed by atoms with E-state index in [4.69, 9.17) is 4.74 Å². The number of nitriles is 1. The highest BCUT2D eigenvalue weighted by Crippen LogP contribution is 2.23. The molecule has 0 aliphatic carbocycles. The lowest BCUT2D eigenvalue weighted by atomic mass is 9.90. The van der Waals surface area contributed by atoms with Crippen LogP contribution in [0, 0.1) is 11.3 Å². The summed E-state index contributed by atoms with van der Waals surface area (Å²) in [7, 11) is 0. The fraction of sp³-hybridized carbons (Fsp3) is 0.562. The minimum atomic E-state index is -0.646. The average Bonchev–Trinajstić information content (AvgIpc) is 2.48. The maximum Gasteiger partial charge on any atom is 0.145 e. The average molecular weight is 273 g/mol. The van der Waals surface area contributed by atoms with Gasteiger partial charge in [-0.05, 0) is 19.0 Å². The molecule has 2 rings (SSSR count). The van der Waals surface area contributed by atoms with Gasteiger partial charge in [0.2, 0.25) is 0 Å². The molecule has 0 amide bonds. The number of benzene rings is 1. The van der Waals surface area contributed by atoms with Gasteiger partial charge < -0.3 is 4.74 Å². The molecular weight excluding hydrogens is 250 g/mol. The topological polar surface area (TPSA) is 48.3 Å². The van der Waals surface area contributed by atoms with Gasteiger partial charge in [0, 0.05) is 19.6 Å². The number of nitrogens with zero attached hydrogens (tertiary/aromatic N) is 2. The molecule has 0 radical (unpaired) electrons. The summed E-state index contributed by atoms with van der Waals surface area (Å²) in [5.41, 5.74) is 0.385. The van der Waals surface area contributed by atoms with Crippen LogP contribution in [0.5, 0.6) is 0 Å². The minimum Gasteiger partial charge on any atom is -0.376 e. The van der Waals surface area contributed by atoms with Crippen LogP contribution in [-0.2, 0) is 10.3 Å². The van der Waals surface area contributed by atoms with Crippen LogP contribution in [0.1, 0.15) is 19.4 Å². The van der Waals surface area contributed by atoms with Crippen molar-refractivity contribution in [3.63, 3.8) is 0 Å². The van der Waals surface area contributed by atoms with Crippen LogP contribution in [0.15, 0.2) is 30.3 Å². The number of hydrogen-bond donors (Lipinski definition) is 1. The molecule has 1 aliphatic heterocycles. The lowest BCUT2D eigenvalue weighted by Crippen LogP contribution is -2.53. The standard InChI is InChI=1S/C16H23N3O/c1-3-18-16(12-17,15-7-5-4-6-8-15)13-19-9-10-20-14(2)11-19/h4-8,14,18H,3,9-11,13H2,1-2H3. The molecule has 20 heavy (non-hydrogen) atoms. The third-order valence-corrected chi connectivity index (χ3v) is 3.72. The second-order valence-electron chi connectivity index (χ2n) is 5.33. The molecule has 2 atom stereocenters. The van der Waals surface area contributed by atoms with Crippen molar-refractivity contribution < 1.29 is 4.74 Å². The van der Waals surface area contributed by atoms with E-state index in [1.807, 2.05) is 37.3 Å². The molecule has 1 fully saturated rings. The molecule has 1 N–H and O–H groups in total. The van der Waals surface area contributed by atoms with E-state index < -0.39 is 5.54 Å². The first-order valence-electron chi connectivity index (χ1n) is 7.26. The van der Waals surface area contributed by atoms with Crippen LogP contribution >= 0.6 is 0 Å². The van der Waals surface area contributed by atoms with Gasteiger partial charge >= 0.3 is 0 Å². The molecule has 4 heteroatoms. The van der Waals surface area contributed by atoms with Gasteiger partial charge in [-0.25, -0.2) is 0 Å². The number of hydrogen-bond acceptors (Lipinski definition) is 4. The maximum atomic E-state index is 9.79. The highest BCUT2D eigenvalue weighted by molar-refractivity contribution is 5.32. The zero-order valence-electron chi connectivity index (χ0n) is 12.3. The van der Waals surface area contributed by atoms with Crippen molar-refractivity contribution in [3.8, 4) is 6.07 Å². The second kappa shape index (κ2) is 6.85. The van der Waals surface area contributed by atoms with E-state index in [1.54, 1.807) is 0 Å². The Hall–Kier alpha value is -1.41. The molecule has 108 valence electrons. The van der Waals surface area contributed by atoms with E-state index >= 15 is 0 Å². The molecule has 4 nitrogen and oxygen atoms in total. The molecule has 2 unspecified atom stereocenters. The van der Waals surface area contributed by atoms with Crippen molar-refractivity contribution in [3.05, 3.63) is 35.9 Å². The molecule has 1 aromatic rings. The van der Waals surface area contributed by atoms with E-state index in [-0.39, 0.29) is 6.10 Å². The highest BCUT2D eigenvalue weighted by atomic mass is 16.5. The summed E-state index contributed by atoms with van der Waals surface area (Å²) in [6, 6.07) is 12.5. The number of likely N-dealkylation sites (N-methyl/N-ethyl adjacent to an activating group) is 1. The Morgan fingerprint density at radius 3 is 2.80 bits per heavy atom. The van der Waals surface area contributed by atoms with Crippen LogP contribution in [-0.4, -0.2) is 43.8 Å². The van der Waals surface area contributed by atoms with E-state index in [0.29, 0.717) is 6.54 Å². The van der Waals surface area contributed by atoms with E-state index in [1.165, 1.54) is 0 Å². The molecule has 0 bridgehead atoms. The minimum absolute atomic E-state index is 0.234. The van der Waals surface area contributed by atoms with Crippen molar-refractivity contribution >= 4 is 0 Å². The molecule has 1 aliphatic rings. The SMILES string of the molecule is CCNC(C#N)(CN1CCOC(C)C1)c1ccccc1. The number of ether oxygens (including phenoxy) is 1. The van der Waals surface area contributed by atoms with Crippen molar-refractivity contribution in [2.24, 2.45) is 0 Å². The Balaban J connectivity index is 2.21. The molecule has 0 spiro atoms. The Kier molecular flexibility index (Phi) is 5.13. The predicted octanol–water partition coefficient (Wildman–Crippen LogP) is 1.74. The smallest absolute Gasteiger partial charge is 0.145 e. The monoisotopic (exact) mass is 273 g/mol. The summed E-state index contributed by atoms with van der Waals surface area (Å²) < 4.78 is 5.58. The van der Waals surface area contributed by atoms with Gasteiger partial charge in [-0.15, -0.1) is 0 Å². The van der Waals surface area contributed by atoms with Crippen molar-refractivity contribution in [1.82, 2.24) is 10.2 Å². The molecular formula is C16H23N3O. The summed E-state index contributed by atoms with van der Waals surface area (Å²) in [6.45, 7) is 8.07. The van der Waals surface area contributed by atoms with Crippen molar-refractivity contribution in [1.29, 1.82) is 5.26 Å². The quantitative estimate of drug-likeness (QED) is 0.887. The number of nitrogens with one attached hydrogen (secondary N) is 1. The Bertz CT molecular complexity index is 457. The fourth-order valence-electron chi connectivity index (χ4n) is 2.78. The summed E-state index contributed by atoms with van der Waals surface area (Å²) in [5, 5.41) is 13.2. The Morgan fingerprint density at radius 2 is 2.20 bits per heavy atom. The maximum absolute atomic E-state index is 9.79. The fourth-order valence-corrected chi connectivity index (χ4v) is 2.78. The normalized spacial score (nSPS) is 22.9. The van der Waals surface area contributed by atoms with E-state index in [2.05, 4.69) is 23.2 Å². The van der Waals surface area contributed by atoms with Gasteiger partial charge in [-0.1, -0.05) is 37.3 Å². The third-order valence-electron chi connectivity index (χ3n) is 3.72. The number of rotatable bonds is 5. The highest BCUT2D eigenvalue weighted by Gasteiger charge is 2.34. The first kappa shape index (κ1) is 15.0. The predicted molar refractivity (Wildman–Crippen MR) is 79.3 cm³/mol. The van der Waals surface area contributed by atoms with Gasteiger partial charge in [0.05, 0.1) is 18.8 Å².